The molecule has 0 aliphatic heterocycles. The fourth-order valence-corrected chi connectivity index (χ4v) is 3.98. The van der Waals surface area contributed by atoms with Crippen LogP contribution in [0.25, 0.3) is 0 Å². The first-order valence-corrected chi connectivity index (χ1v) is 9.77. The molecular weight excluding hydrogens is 338 g/mol. The molecule has 5 nitrogen and oxygen atoms in total. The number of ether oxygens (including phenoxy) is 2. The molecule has 2 aromatic heterocycles. The lowest BCUT2D eigenvalue weighted by Crippen LogP contribution is -2.12. The smallest absolute Gasteiger partial charge is 0.220 e. The fourth-order valence-electron chi connectivity index (χ4n) is 3.98. The molecule has 3 atom stereocenters. The molecule has 2 aliphatic rings. The highest BCUT2D eigenvalue weighted by Gasteiger charge is 2.40. The molecule has 0 saturated heterocycles. The molecule has 3 unspecified atom stereocenters. The molecule has 0 radical (unpaired) electrons. The second-order valence-corrected chi connectivity index (χ2v) is 7.76. The van der Waals surface area contributed by atoms with Crippen LogP contribution in [-0.2, 0) is 0 Å². The Morgan fingerprint density at radius 1 is 1.22 bits per heavy atom. The summed E-state index contributed by atoms with van der Waals surface area (Å²) in [6.07, 6.45) is 9.35. The molecule has 0 aromatic carbocycles. The highest BCUT2D eigenvalue weighted by atomic mass is 16.5. The normalized spacial score (nSPS) is 24.5. The predicted octanol–water partition coefficient (Wildman–Crippen LogP) is 4.58. The topological polar surface area (TPSA) is 57.1 Å². The number of methoxy groups -OCH3 is 1. The number of aromatic nitrogens is 3. The summed E-state index contributed by atoms with van der Waals surface area (Å²) in [5.74, 6) is 3.71. The van der Waals surface area contributed by atoms with E-state index in [1.807, 2.05) is 19.2 Å². The molecule has 0 bridgehead atoms. The van der Waals surface area contributed by atoms with Crippen molar-refractivity contribution in [2.75, 3.05) is 13.7 Å². The van der Waals surface area contributed by atoms with Gasteiger partial charge in [0.1, 0.15) is 11.6 Å². The SMILES string of the molecule is C=C1CCCC(c2cnc(C)nc2OCC2CC2c2ccc(OC)cn2)C1. The minimum absolute atomic E-state index is 0.431. The number of allylic oxidation sites excluding steroid dienone is 1. The third-order valence-corrected chi connectivity index (χ3v) is 5.69. The van der Waals surface area contributed by atoms with Gasteiger partial charge in [-0.2, -0.15) is 4.98 Å². The van der Waals surface area contributed by atoms with E-state index in [-0.39, 0.29) is 0 Å². The molecule has 27 heavy (non-hydrogen) atoms. The highest BCUT2D eigenvalue weighted by molar-refractivity contribution is 5.31. The van der Waals surface area contributed by atoms with Crippen LogP contribution in [0.15, 0.2) is 36.7 Å². The average Bonchev–Trinajstić information content (AvgIpc) is 3.46. The number of rotatable bonds is 6. The highest BCUT2D eigenvalue weighted by Crippen LogP contribution is 2.47. The van der Waals surface area contributed by atoms with Crippen molar-refractivity contribution in [2.24, 2.45) is 5.92 Å². The van der Waals surface area contributed by atoms with Crippen molar-refractivity contribution in [1.29, 1.82) is 0 Å². The molecule has 0 N–H and O–H groups in total. The van der Waals surface area contributed by atoms with E-state index in [1.165, 1.54) is 12.0 Å². The summed E-state index contributed by atoms with van der Waals surface area (Å²) in [6, 6.07) is 4.03. The number of pyridine rings is 1. The molecule has 2 fully saturated rings. The summed E-state index contributed by atoms with van der Waals surface area (Å²) in [4.78, 5) is 13.5. The number of hydrogen-bond acceptors (Lipinski definition) is 5. The van der Waals surface area contributed by atoms with E-state index in [0.717, 1.165) is 54.4 Å². The number of nitrogens with zero attached hydrogens (tertiary/aromatic N) is 3. The lowest BCUT2D eigenvalue weighted by molar-refractivity contribution is 0.277. The van der Waals surface area contributed by atoms with Gasteiger partial charge in [-0.05, 0) is 57.1 Å². The average molecular weight is 365 g/mol. The van der Waals surface area contributed by atoms with Crippen LogP contribution in [-0.4, -0.2) is 28.7 Å². The summed E-state index contributed by atoms with van der Waals surface area (Å²) in [7, 11) is 1.66. The first-order chi connectivity index (χ1) is 13.1. The van der Waals surface area contributed by atoms with Gasteiger partial charge >= 0.3 is 0 Å². The van der Waals surface area contributed by atoms with Crippen LogP contribution >= 0.6 is 0 Å². The molecule has 2 heterocycles. The van der Waals surface area contributed by atoms with Crippen molar-refractivity contribution in [3.63, 3.8) is 0 Å². The maximum Gasteiger partial charge on any atom is 0.220 e. The Hall–Kier alpha value is -2.43. The minimum atomic E-state index is 0.431. The Kier molecular flexibility index (Phi) is 5.10. The third kappa shape index (κ3) is 4.12. The van der Waals surface area contributed by atoms with Crippen molar-refractivity contribution in [2.45, 2.75) is 50.9 Å². The Balaban J connectivity index is 1.41. The van der Waals surface area contributed by atoms with Gasteiger partial charge in [0.15, 0.2) is 0 Å². The van der Waals surface area contributed by atoms with Crippen LogP contribution in [0.5, 0.6) is 11.6 Å². The first kappa shape index (κ1) is 18.0. The summed E-state index contributed by atoms with van der Waals surface area (Å²) in [5, 5.41) is 0. The summed E-state index contributed by atoms with van der Waals surface area (Å²) >= 11 is 0. The maximum atomic E-state index is 6.19. The van der Waals surface area contributed by atoms with Crippen molar-refractivity contribution >= 4 is 0 Å². The molecule has 0 amide bonds. The molecule has 142 valence electrons. The minimum Gasteiger partial charge on any atom is -0.495 e. The molecule has 2 aromatic rings. The fraction of sp³-hybridized carbons (Fsp3) is 0.500. The van der Waals surface area contributed by atoms with E-state index in [4.69, 9.17) is 9.47 Å². The van der Waals surface area contributed by atoms with Gasteiger partial charge in [0.05, 0.1) is 19.9 Å². The quantitative estimate of drug-likeness (QED) is 0.701. The number of hydrogen-bond donors (Lipinski definition) is 0. The molecular formula is C22H27N3O2. The molecule has 4 rings (SSSR count). The van der Waals surface area contributed by atoms with E-state index < -0.39 is 0 Å². The Labute approximate surface area is 160 Å². The van der Waals surface area contributed by atoms with Crippen LogP contribution in [0.4, 0.5) is 0 Å². The van der Waals surface area contributed by atoms with Crippen LogP contribution in [0.3, 0.4) is 0 Å². The first-order valence-electron chi connectivity index (χ1n) is 9.77. The maximum absolute atomic E-state index is 6.19. The van der Waals surface area contributed by atoms with E-state index in [0.29, 0.717) is 24.4 Å². The van der Waals surface area contributed by atoms with Gasteiger partial charge in [0, 0.05) is 29.3 Å². The largest absolute Gasteiger partial charge is 0.495 e. The zero-order valence-corrected chi connectivity index (χ0v) is 16.1. The Morgan fingerprint density at radius 3 is 2.85 bits per heavy atom. The van der Waals surface area contributed by atoms with E-state index in [1.54, 1.807) is 13.3 Å². The summed E-state index contributed by atoms with van der Waals surface area (Å²) < 4.78 is 11.4. The van der Waals surface area contributed by atoms with Crippen molar-refractivity contribution in [3.05, 3.63) is 53.8 Å². The Bertz CT molecular complexity index is 819. The van der Waals surface area contributed by atoms with Gasteiger partial charge in [0.2, 0.25) is 5.88 Å². The monoisotopic (exact) mass is 365 g/mol. The van der Waals surface area contributed by atoms with Gasteiger partial charge < -0.3 is 9.47 Å². The van der Waals surface area contributed by atoms with Gasteiger partial charge in [-0.1, -0.05) is 12.2 Å². The lowest BCUT2D eigenvalue weighted by atomic mass is 9.82. The second kappa shape index (κ2) is 7.67. The van der Waals surface area contributed by atoms with Crippen molar-refractivity contribution < 1.29 is 9.47 Å². The zero-order chi connectivity index (χ0) is 18.8. The van der Waals surface area contributed by atoms with Gasteiger partial charge in [-0.3, -0.25) is 4.98 Å². The Morgan fingerprint density at radius 2 is 2.11 bits per heavy atom. The standard InChI is InChI=1S/C22H27N3O2/c1-14-5-4-6-16(9-14)20-12-23-15(2)25-22(20)27-13-17-10-19(17)21-8-7-18(26-3)11-24-21/h7-8,11-12,16-17,19H,1,4-6,9-10,13H2,2-3H3. The zero-order valence-electron chi connectivity index (χ0n) is 16.1. The summed E-state index contributed by atoms with van der Waals surface area (Å²) in [5.41, 5.74) is 3.58. The van der Waals surface area contributed by atoms with Crippen LogP contribution < -0.4 is 9.47 Å². The second-order valence-electron chi connectivity index (χ2n) is 7.76. The number of aryl methyl sites for hydroxylation is 1. The van der Waals surface area contributed by atoms with Gasteiger partial charge in [-0.25, -0.2) is 4.98 Å². The van der Waals surface area contributed by atoms with E-state index in [9.17, 15) is 0 Å². The molecule has 2 saturated carbocycles. The third-order valence-electron chi connectivity index (χ3n) is 5.69. The van der Waals surface area contributed by atoms with Crippen LogP contribution in [0.1, 0.15) is 61.0 Å². The predicted molar refractivity (Wildman–Crippen MR) is 104 cm³/mol. The van der Waals surface area contributed by atoms with Crippen LogP contribution in [0.2, 0.25) is 0 Å². The van der Waals surface area contributed by atoms with E-state index in [2.05, 4.69) is 27.6 Å². The van der Waals surface area contributed by atoms with Crippen molar-refractivity contribution in [1.82, 2.24) is 15.0 Å². The molecule has 2 aliphatic carbocycles. The molecule has 0 spiro atoms. The molecule has 5 heteroatoms. The van der Waals surface area contributed by atoms with Gasteiger partial charge in [0.25, 0.3) is 0 Å². The van der Waals surface area contributed by atoms with Crippen LogP contribution in [0, 0.1) is 12.8 Å². The van der Waals surface area contributed by atoms with Crippen molar-refractivity contribution in [3.8, 4) is 11.6 Å². The van der Waals surface area contributed by atoms with E-state index >= 15 is 0 Å². The van der Waals surface area contributed by atoms with Gasteiger partial charge in [-0.15, -0.1) is 0 Å². The lowest BCUT2D eigenvalue weighted by Gasteiger charge is -2.25. The summed E-state index contributed by atoms with van der Waals surface area (Å²) in [6.45, 7) is 6.77.